The molecule has 0 aromatic heterocycles. The van der Waals surface area contributed by atoms with Gasteiger partial charge in [0.05, 0.1) is 0 Å². The van der Waals surface area contributed by atoms with Crippen LogP contribution in [0.3, 0.4) is 0 Å². The molecule has 0 aliphatic rings. The van der Waals surface area contributed by atoms with Crippen LogP contribution in [0.4, 0.5) is 0 Å². The Balaban J connectivity index is 1.15. The average Bonchev–Trinajstić information content (AvgIpc) is 3.06. The summed E-state index contributed by atoms with van der Waals surface area (Å²) in [6.07, 6.45) is 11.9. The topological polar surface area (TPSA) is 0 Å². The van der Waals surface area contributed by atoms with Gasteiger partial charge in [0.25, 0.3) is 0 Å². The molecule has 0 amide bonds. The molecule has 0 saturated heterocycles. The van der Waals surface area contributed by atoms with Gasteiger partial charge in [0, 0.05) is 0 Å². The van der Waals surface area contributed by atoms with E-state index >= 15 is 0 Å². The molecular weight excluding hydrogens is 530 g/mol. The van der Waals surface area contributed by atoms with E-state index in [1.54, 1.807) is 0 Å². The van der Waals surface area contributed by atoms with Crippen molar-refractivity contribution in [2.45, 2.75) is 44.9 Å². The van der Waals surface area contributed by atoms with E-state index in [1.807, 2.05) is 0 Å². The first-order valence-electron chi connectivity index (χ1n) is 15.4. The molecule has 0 N–H and O–H groups in total. The molecule has 0 aliphatic carbocycles. The molecule has 41 heavy (non-hydrogen) atoms. The van der Waals surface area contributed by atoms with E-state index in [9.17, 15) is 0 Å². The maximum atomic E-state index is 2.38. The summed E-state index contributed by atoms with van der Waals surface area (Å²) in [7, 11) is -2.34. The molecule has 0 unspecified atom stereocenters. The van der Waals surface area contributed by atoms with Crippen molar-refractivity contribution in [2.75, 3.05) is 12.3 Å². The number of rotatable bonds is 15. The van der Waals surface area contributed by atoms with Gasteiger partial charge in [0.2, 0.25) is 0 Å². The van der Waals surface area contributed by atoms with Gasteiger partial charge >= 0.3 is 214 Å². The van der Waals surface area contributed by atoms with E-state index in [0.717, 1.165) is 0 Å². The molecule has 0 heterocycles. The Morgan fingerprint density at radius 1 is 0.341 bits per heavy atom. The van der Waals surface area contributed by atoms with Crippen molar-refractivity contribution in [2.24, 2.45) is 0 Å². The van der Waals surface area contributed by atoms with Crippen LogP contribution < -0.4 is 26.5 Å². The minimum absolute atomic E-state index is 0.256. The summed E-state index contributed by atoms with van der Waals surface area (Å²) in [6.45, 7) is 0. The van der Waals surface area contributed by atoms with Crippen LogP contribution in [-0.4, -0.2) is 12.3 Å². The Labute approximate surface area is 250 Å². The third-order valence-corrected chi connectivity index (χ3v) is 16.0. The zero-order chi connectivity index (χ0) is 28.0. The van der Waals surface area contributed by atoms with Crippen molar-refractivity contribution in [1.82, 2.24) is 0 Å². The van der Waals surface area contributed by atoms with Crippen molar-refractivity contribution < 1.29 is 0 Å². The third-order valence-electron chi connectivity index (χ3n) is 8.37. The summed E-state index contributed by atoms with van der Waals surface area (Å²) >= 11 is 0. The number of benzene rings is 5. The summed E-state index contributed by atoms with van der Waals surface area (Å²) in [5.74, 6) is 0. The first kappa shape index (κ1) is 29.5. The van der Waals surface area contributed by atoms with Crippen molar-refractivity contribution in [3.8, 4) is 0 Å². The summed E-state index contributed by atoms with van der Waals surface area (Å²) < 4.78 is 0. The van der Waals surface area contributed by atoms with E-state index < -0.39 is 7.26 Å². The van der Waals surface area contributed by atoms with Gasteiger partial charge in [-0.05, 0) is 0 Å². The fourth-order valence-corrected chi connectivity index (χ4v) is 13.6. The Morgan fingerprint density at radius 3 is 1.05 bits per heavy atom. The van der Waals surface area contributed by atoms with Gasteiger partial charge in [0.1, 0.15) is 0 Å². The molecule has 0 aliphatic heterocycles. The summed E-state index contributed by atoms with van der Waals surface area (Å²) in [4.78, 5) is 0. The van der Waals surface area contributed by atoms with Crippen LogP contribution in [0, 0.1) is 0 Å². The zero-order valence-electron chi connectivity index (χ0n) is 24.2. The van der Waals surface area contributed by atoms with Crippen LogP contribution >= 0.6 is 15.2 Å². The van der Waals surface area contributed by atoms with Crippen molar-refractivity contribution in [1.29, 1.82) is 0 Å². The fraction of sp³-hybridized carbons (Fsp3) is 0.231. The summed E-state index contributed by atoms with van der Waals surface area (Å²) in [5.41, 5.74) is 0. The van der Waals surface area contributed by atoms with Crippen LogP contribution in [0.2, 0.25) is 0 Å². The standard InChI is InChI=1S/C39H44P2/c1(2-4-21-33-40(35-23-11-6-12-24-35)36-25-13-7-14-26-36)3-5-22-34-41(37-27-15-8-16-28-37,38-29-17-9-18-30-38)39-31-19-10-20-32-39/h6-20,23-32,41H,1-5,21-22,33-34H2. The monoisotopic (exact) mass is 574 g/mol. The van der Waals surface area contributed by atoms with Crippen LogP contribution in [0.25, 0.3) is 0 Å². The first-order chi connectivity index (χ1) is 20.4. The number of hydrogen-bond acceptors (Lipinski definition) is 0. The normalized spacial score (nSPS) is 11.9. The minimum Gasteiger partial charge on any atom is -0.0622 e. The molecular formula is C39H44P2. The number of hydrogen-bond donors (Lipinski definition) is 0. The molecule has 5 aromatic rings. The molecule has 0 atom stereocenters. The predicted molar refractivity (Wildman–Crippen MR) is 188 cm³/mol. The van der Waals surface area contributed by atoms with Gasteiger partial charge in [-0.3, -0.25) is 0 Å². The SMILES string of the molecule is c1ccc(P(CCCCCCCCC[PH](c2ccccc2)(c2ccccc2)c2ccccc2)c2ccccc2)cc1. The maximum absolute atomic E-state index is 2.38. The van der Waals surface area contributed by atoms with E-state index in [2.05, 4.69) is 152 Å². The van der Waals surface area contributed by atoms with Crippen LogP contribution in [0.15, 0.2) is 152 Å². The Morgan fingerprint density at radius 2 is 0.659 bits per heavy atom. The van der Waals surface area contributed by atoms with Gasteiger partial charge in [0.15, 0.2) is 0 Å². The summed E-state index contributed by atoms with van der Waals surface area (Å²) in [5, 5.41) is 7.62. The van der Waals surface area contributed by atoms with Crippen LogP contribution in [0.1, 0.15) is 44.9 Å². The molecule has 5 rings (SSSR count). The van der Waals surface area contributed by atoms with E-state index in [4.69, 9.17) is 0 Å². The Kier molecular flexibility index (Phi) is 11.4. The van der Waals surface area contributed by atoms with Crippen molar-refractivity contribution in [3.05, 3.63) is 152 Å². The van der Waals surface area contributed by atoms with Gasteiger partial charge in [-0.1, -0.05) is 36.4 Å². The van der Waals surface area contributed by atoms with Gasteiger partial charge in [-0.15, -0.1) is 0 Å². The second-order valence-electron chi connectivity index (χ2n) is 11.1. The predicted octanol–water partition coefficient (Wildman–Crippen LogP) is 8.58. The smallest absolute Gasteiger partial charge is 0.0622 e. The molecule has 0 fully saturated rings. The molecule has 0 nitrogen and oxygen atoms in total. The Bertz CT molecular complexity index is 1250. The molecule has 0 spiro atoms. The van der Waals surface area contributed by atoms with E-state index in [-0.39, 0.29) is 7.92 Å². The zero-order valence-corrected chi connectivity index (χ0v) is 26.1. The van der Waals surface area contributed by atoms with Crippen LogP contribution in [0.5, 0.6) is 0 Å². The molecule has 0 radical (unpaired) electrons. The second-order valence-corrected chi connectivity index (χ2v) is 17.4. The van der Waals surface area contributed by atoms with Crippen LogP contribution in [-0.2, 0) is 0 Å². The molecule has 2 heteroatoms. The first-order valence-corrected chi connectivity index (χ1v) is 19.2. The third kappa shape index (κ3) is 7.83. The van der Waals surface area contributed by atoms with Gasteiger partial charge in [-0.2, -0.15) is 0 Å². The number of unbranched alkanes of at least 4 members (excludes halogenated alkanes) is 6. The summed E-state index contributed by atoms with van der Waals surface area (Å²) in [6, 6.07) is 56.4. The van der Waals surface area contributed by atoms with Crippen molar-refractivity contribution >= 4 is 41.7 Å². The van der Waals surface area contributed by atoms with Crippen molar-refractivity contribution in [3.63, 3.8) is 0 Å². The second kappa shape index (κ2) is 15.8. The quantitative estimate of drug-likeness (QED) is 0.0868. The molecule has 5 aromatic carbocycles. The molecule has 210 valence electrons. The molecule has 0 bridgehead atoms. The fourth-order valence-electron chi connectivity index (χ4n) is 6.27. The van der Waals surface area contributed by atoms with Gasteiger partial charge < -0.3 is 0 Å². The van der Waals surface area contributed by atoms with E-state index in [1.165, 1.54) is 83.8 Å². The molecule has 0 saturated carbocycles. The van der Waals surface area contributed by atoms with Gasteiger partial charge in [-0.25, -0.2) is 0 Å². The average molecular weight is 575 g/mol. The Hall–Kier alpha value is -3.04. The van der Waals surface area contributed by atoms with E-state index in [0.29, 0.717) is 0 Å². The minimum atomic E-state index is -2.08.